The third kappa shape index (κ3) is 3.96. The second kappa shape index (κ2) is 9.00. The number of halogens is 2. The minimum absolute atomic E-state index is 0.102. The van der Waals surface area contributed by atoms with Crippen molar-refractivity contribution in [2.75, 3.05) is 45.4 Å². The molecular weight excluding hydrogens is 458 g/mol. The maximum Gasteiger partial charge on any atom is 0.244 e. The van der Waals surface area contributed by atoms with Gasteiger partial charge in [-0.05, 0) is 30.2 Å². The molecule has 0 bridgehead atoms. The molecule has 6 rings (SSSR count). The van der Waals surface area contributed by atoms with E-state index in [1.165, 1.54) is 16.3 Å². The van der Waals surface area contributed by atoms with Gasteiger partial charge in [0.1, 0.15) is 23.9 Å². The zero-order valence-electron chi connectivity index (χ0n) is 20.2. The number of likely N-dealkylation sites (tertiary alicyclic amines) is 1. The molecule has 0 amide bonds. The van der Waals surface area contributed by atoms with Crippen LogP contribution >= 0.6 is 0 Å². The Morgan fingerprint density at radius 2 is 2.20 bits per heavy atom. The molecule has 3 aromatic heterocycles. The molecule has 2 aliphatic rings. The van der Waals surface area contributed by atoms with Crippen molar-refractivity contribution >= 4 is 22.5 Å². The van der Waals surface area contributed by atoms with Gasteiger partial charge in [0, 0.05) is 24.8 Å². The Kier molecular flexibility index (Phi) is 5.39. The van der Waals surface area contributed by atoms with Crippen LogP contribution in [0.4, 0.5) is 14.7 Å². The molecule has 0 spiro atoms. The summed E-state index contributed by atoms with van der Waals surface area (Å²) in [6.07, 6.45) is -0.363. The summed E-state index contributed by atoms with van der Waals surface area (Å²) in [5, 5.41) is 15.7. The van der Waals surface area contributed by atoms with Gasteiger partial charge in [0.15, 0.2) is 0 Å². The van der Waals surface area contributed by atoms with Crippen LogP contribution in [0.3, 0.4) is 0 Å². The van der Waals surface area contributed by atoms with Crippen LogP contribution in [-0.4, -0.2) is 92.8 Å². The van der Waals surface area contributed by atoms with Crippen LogP contribution in [0.25, 0.3) is 27.7 Å². The first-order chi connectivity index (χ1) is 17.6. The average molecular weight is 486 g/mol. The van der Waals surface area contributed by atoms with Gasteiger partial charge in [-0.25, -0.2) is 18.0 Å². The van der Waals surface area contributed by atoms with E-state index in [0.717, 1.165) is 12.1 Å². The van der Waals surface area contributed by atoms with Crippen LogP contribution in [0.2, 0.25) is 0 Å². The zero-order valence-corrected chi connectivity index (χ0v) is 19.2. The molecule has 10 nitrogen and oxygen atoms in total. The Balaban J connectivity index is 1.32. The summed E-state index contributed by atoms with van der Waals surface area (Å²) in [6, 6.07) is 7.02. The fraction of sp³-hybridized carbons (Fsp3) is 0.478. The van der Waals surface area contributed by atoms with Gasteiger partial charge in [0.2, 0.25) is 11.8 Å². The van der Waals surface area contributed by atoms with Crippen LogP contribution in [0.1, 0.15) is 7.79 Å². The molecule has 0 unspecified atom stereocenters. The van der Waals surface area contributed by atoms with Gasteiger partial charge in [0.05, 0.1) is 45.8 Å². The maximum atomic E-state index is 15.0. The van der Waals surface area contributed by atoms with Crippen molar-refractivity contribution in [1.82, 2.24) is 34.5 Å². The first-order valence-corrected chi connectivity index (χ1v) is 11.6. The highest BCUT2D eigenvalue weighted by Crippen LogP contribution is 2.33. The molecular formula is C23H26F2N8O2. The molecule has 0 radical (unpaired) electrons. The van der Waals surface area contributed by atoms with E-state index in [1.54, 1.807) is 12.1 Å². The lowest BCUT2D eigenvalue weighted by Crippen LogP contribution is -2.57. The zero-order chi connectivity index (χ0) is 24.8. The molecule has 5 heterocycles. The highest BCUT2D eigenvalue weighted by Gasteiger charge is 2.35. The van der Waals surface area contributed by atoms with Crippen molar-refractivity contribution in [3.63, 3.8) is 0 Å². The van der Waals surface area contributed by atoms with E-state index in [-0.39, 0.29) is 24.5 Å². The monoisotopic (exact) mass is 485 g/mol. The number of aromatic nitrogens is 6. The number of hydrogen-bond acceptors (Lipinski definition) is 8. The topological polar surface area (TPSA) is 94.6 Å². The molecule has 0 aliphatic carbocycles. The van der Waals surface area contributed by atoms with Crippen LogP contribution < -0.4 is 10.1 Å². The number of rotatable bonds is 7. The van der Waals surface area contributed by atoms with E-state index < -0.39 is 18.9 Å². The second-order valence-electron chi connectivity index (χ2n) is 8.84. The fourth-order valence-corrected chi connectivity index (χ4v) is 4.75. The number of hydrogen-bond donors (Lipinski definition) is 1. The lowest BCUT2D eigenvalue weighted by molar-refractivity contribution is -0.0794. The van der Waals surface area contributed by atoms with Gasteiger partial charge in [-0.3, -0.25) is 4.90 Å². The van der Waals surface area contributed by atoms with Crippen LogP contribution in [0.15, 0.2) is 30.4 Å². The summed E-state index contributed by atoms with van der Waals surface area (Å²) in [5.41, 5.74) is 3.28. The SMILES string of the molecule is [2H]c1cc(-c2ccc3nnn(CCF)c3c2)c2c(OC)nc(N[C@@H]3CCN(C4COC4)C[C@H]3F)nn12. The Bertz CT molecular complexity index is 1410. The van der Waals surface area contributed by atoms with E-state index in [4.69, 9.17) is 10.8 Å². The van der Waals surface area contributed by atoms with Gasteiger partial charge in [-0.15, -0.1) is 10.2 Å². The van der Waals surface area contributed by atoms with Gasteiger partial charge < -0.3 is 14.8 Å². The minimum atomic E-state index is -1.09. The summed E-state index contributed by atoms with van der Waals surface area (Å²) in [6.45, 7) is 1.96. The van der Waals surface area contributed by atoms with Crippen molar-refractivity contribution in [2.24, 2.45) is 0 Å². The molecule has 4 aromatic rings. The predicted octanol–water partition coefficient (Wildman–Crippen LogP) is 2.34. The Hall–Kier alpha value is -3.38. The lowest BCUT2D eigenvalue weighted by atomic mass is 10.0. The first kappa shape index (κ1) is 20.9. The van der Waals surface area contributed by atoms with Crippen LogP contribution in [0, 0.1) is 0 Å². The number of anilines is 1. The molecule has 2 saturated heterocycles. The summed E-state index contributed by atoms with van der Waals surface area (Å²) in [4.78, 5) is 6.63. The van der Waals surface area contributed by atoms with E-state index in [0.29, 0.717) is 54.3 Å². The van der Waals surface area contributed by atoms with E-state index >= 15 is 0 Å². The summed E-state index contributed by atoms with van der Waals surface area (Å²) in [7, 11) is 1.49. The van der Waals surface area contributed by atoms with Crippen molar-refractivity contribution in [3.05, 3.63) is 30.4 Å². The van der Waals surface area contributed by atoms with Crippen molar-refractivity contribution < 1.29 is 19.6 Å². The molecule has 12 heteroatoms. The number of aryl methyl sites for hydroxylation is 1. The number of nitrogens with one attached hydrogen (secondary N) is 1. The van der Waals surface area contributed by atoms with Gasteiger partial charge in [0.25, 0.3) is 0 Å². The quantitative estimate of drug-likeness (QED) is 0.426. The normalized spacial score (nSPS) is 21.9. The highest BCUT2D eigenvalue weighted by molar-refractivity contribution is 5.89. The molecule has 35 heavy (non-hydrogen) atoms. The summed E-state index contributed by atoms with van der Waals surface area (Å²) < 4.78 is 50.2. The largest absolute Gasteiger partial charge is 0.479 e. The van der Waals surface area contributed by atoms with Crippen molar-refractivity contribution in [2.45, 2.75) is 31.2 Å². The molecule has 184 valence electrons. The number of nitrogens with zero attached hydrogens (tertiary/aromatic N) is 7. The van der Waals surface area contributed by atoms with E-state index in [2.05, 4.69) is 30.6 Å². The third-order valence-corrected chi connectivity index (χ3v) is 6.74. The van der Waals surface area contributed by atoms with Crippen LogP contribution in [0.5, 0.6) is 5.88 Å². The van der Waals surface area contributed by atoms with Gasteiger partial charge in [-0.1, -0.05) is 11.3 Å². The third-order valence-electron chi connectivity index (χ3n) is 6.74. The van der Waals surface area contributed by atoms with E-state index in [1.807, 2.05) is 12.1 Å². The summed E-state index contributed by atoms with van der Waals surface area (Å²) in [5.74, 6) is 0.458. The average Bonchev–Trinajstić information content (AvgIpc) is 3.40. The molecule has 2 fully saturated rings. The molecule has 1 aromatic carbocycles. The number of piperidine rings is 1. The standard InChI is InChI=1S/C23H26F2N8O2/c1-34-22-21-16(14-2-3-19-20(10-14)32(9-6-24)30-28-19)4-8-33(21)29-23(27-22)26-18-5-7-31(11-17(18)25)15-12-35-13-15/h2-4,8,10,15,17-18H,5-7,9,11-13H2,1H3,(H,26,29)/t17-,18-/m1/s1/i8D. The number of methoxy groups -OCH3 is 1. The van der Waals surface area contributed by atoms with Crippen molar-refractivity contribution in [3.8, 4) is 17.0 Å². The van der Waals surface area contributed by atoms with Gasteiger partial charge >= 0.3 is 0 Å². The predicted molar refractivity (Wildman–Crippen MR) is 125 cm³/mol. The maximum absolute atomic E-state index is 15.0. The fourth-order valence-electron chi connectivity index (χ4n) is 4.75. The number of alkyl halides is 2. The van der Waals surface area contributed by atoms with Crippen LogP contribution in [-0.2, 0) is 11.3 Å². The molecule has 0 saturated carbocycles. The second-order valence-corrected chi connectivity index (χ2v) is 8.84. The highest BCUT2D eigenvalue weighted by atomic mass is 19.1. The molecule has 2 aliphatic heterocycles. The minimum Gasteiger partial charge on any atom is -0.479 e. The number of ether oxygens (including phenoxy) is 2. The first-order valence-electron chi connectivity index (χ1n) is 12.1. The molecule has 2 atom stereocenters. The van der Waals surface area contributed by atoms with Gasteiger partial charge in [-0.2, -0.15) is 4.98 Å². The number of benzene rings is 1. The van der Waals surface area contributed by atoms with Crippen molar-refractivity contribution in [1.29, 1.82) is 0 Å². The Morgan fingerprint density at radius 3 is 2.94 bits per heavy atom. The smallest absolute Gasteiger partial charge is 0.244 e. The summed E-state index contributed by atoms with van der Waals surface area (Å²) >= 11 is 0. The molecule has 1 N–H and O–H groups in total. The van der Waals surface area contributed by atoms with E-state index in [9.17, 15) is 8.78 Å². The number of fused-ring (bicyclic) bond motifs is 2. The lowest BCUT2D eigenvalue weighted by Gasteiger charge is -2.42. The Labute approximate surface area is 201 Å². The Morgan fingerprint density at radius 1 is 1.31 bits per heavy atom.